The Balaban J connectivity index is 2.55. The fourth-order valence-electron chi connectivity index (χ4n) is 1.51. The third-order valence-electron chi connectivity index (χ3n) is 2.59. The predicted molar refractivity (Wildman–Crippen MR) is 70.0 cm³/mol. The highest BCUT2D eigenvalue weighted by Gasteiger charge is 2.25. The largest absolute Gasteiger partial charge is 0.480 e. The van der Waals surface area contributed by atoms with E-state index in [-0.39, 0.29) is 5.56 Å². The summed E-state index contributed by atoms with van der Waals surface area (Å²) in [6, 6.07) is 3.74. The van der Waals surface area contributed by atoms with Crippen molar-refractivity contribution in [2.24, 2.45) is 0 Å². The molecule has 8 heteroatoms. The SMILES string of the molecule is CC(O)C(NC(=O)CNC(=O)c1ccccc1F)C(=O)O. The van der Waals surface area contributed by atoms with Gasteiger partial charge in [-0.1, -0.05) is 12.1 Å². The maximum absolute atomic E-state index is 13.3. The molecule has 0 saturated carbocycles. The van der Waals surface area contributed by atoms with Crippen LogP contribution in [0.4, 0.5) is 4.39 Å². The minimum atomic E-state index is -1.48. The van der Waals surface area contributed by atoms with Crippen LogP contribution >= 0.6 is 0 Å². The van der Waals surface area contributed by atoms with Gasteiger partial charge in [0, 0.05) is 0 Å². The van der Waals surface area contributed by atoms with Crippen LogP contribution in [0.3, 0.4) is 0 Å². The summed E-state index contributed by atoms with van der Waals surface area (Å²) >= 11 is 0. The van der Waals surface area contributed by atoms with Crippen molar-refractivity contribution in [3.63, 3.8) is 0 Å². The number of hydrogen-bond acceptors (Lipinski definition) is 4. The van der Waals surface area contributed by atoms with Crippen LogP contribution in [0.15, 0.2) is 24.3 Å². The zero-order valence-corrected chi connectivity index (χ0v) is 11.2. The van der Waals surface area contributed by atoms with Crippen LogP contribution in [0.1, 0.15) is 17.3 Å². The number of amides is 2. The minimum Gasteiger partial charge on any atom is -0.480 e. The van der Waals surface area contributed by atoms with E-state index in [1.54, 1.807) is 0 Å². The highest BCUT2D eigenvalue weighted by atomic mass is 19.1. The summed E-state index contributed by atoms with van der Waals surface area (Å²) in [5, 5.41) is 22.2. The second kappa shape index (κ2) is 7.34. The average molecular weight is 298 g/mol. The Kier molecular flexibility index (Phi) is 5.79. The van der Waals surface area contributed by atoms with Crippen molar-refractivity contribution in [3.8, 4) is 0 Å². The normalized spacial score (nSPS) is 13.1. The first-order chi connectivity index (χ1) is 9.82. The molecular weight excluding hydrogens is 283 g/mol. The molecular formula is C13H15FN2O5. The lowest BCUT2D eigenvalue weighted by Gasteiger charge is -2.17. The molecule has 21 heavy (non-hydrogen) atoms. The van der Waals surface area contributed by atoms with Gasteiger partial charge in [0.2, 0.25) is 5.91 Å². The Morgan fingerprint density at radius 2 is 1.90 bits per heavy atom. The number of carbonyl (C=O) groups excluding carboxylic acids is 2. The number of aliphatic hydroxyl groups is 1. The van der Waals surface area contributed by atoms with Gasteiger partial charge in [0.1, 0.15) is 5.82 Å². The fraction of sp³-hybridized carbons (Fsp3) is 0.308. The van der Waals surface area contributed by atoms with Gasteiger partial charge in [-0.15, -0.1) is 0 Å². The molecule has 0 saturated heterocycles. The number of nitrogens with one attached hydrogen (secondary N) is 2. The molecule has 1 rings (SSSR count). The van der Waals surface area contributed by atoms with Gasteiger partial charge in [-0.2, -0.15) is 0 Å². The molecule has 0 heterocycles. The summed E-state index contributed by atoms with van der Waals surface area (Å²) in [6.07, 6.45) is -1.30. The van der Waals surface area contributed by atoms with Crippen molar-refractivity contribution in [1.29, 1.82) is 0 Å². The van der Waals surface area contributed by atoms with Crippen molar-refractivity contribution in [3.05, 3.63) is 35.6 Å². The van der Waals surface area contributed by atoms with Gasteiger partial charge in [-0.05, 0) is 19.1 Å². The monoisotopic (exact) mass is 298 g/mol. The number of benzene rings is 1. The lowest BCUT2D eigenvalue weighted by molar-refractivity contribution is -0.144. The van der Waals surface area contributed by atoms with Gasteiger partial charge in [-0.3, -0.25) is 9.59 Å². The Hall–Kier alpha value is -2.48. The van der Waals surface area contributed by atoms with E-state index in [0.29, 0.717) is 0 Å². The Morgan fingerprint density at radius 3 is 2.43 bits per heavy atom. The number of halogens is 1. The maximum atomic E-state index is 13.3. The first-order valence-corrected chi connectivity index (χ1v) is 6.06. The van der Waals surface area contributed by atoms with Crippen molar-refractivity contribution >= 4 is 17.8 Å². The number of aliphatic carboxylic acids is 1. The van der Waals surface area contributed by atoms with E-state index in [0.717, 1.165) is 6.07 Å². The van der Waals surface area contributed by atoms with Gasteiger partial charge >= 0.3 is 5.97 Å². The molecule has 0 bridgehead atoms. The zero-order valence-electron chi connectivity index (χ0n) is 11.2. The molecule has 2 amide bonds. The molecule has 0 spiro atoms. The van der Waals surface area contributed by atoms with Crippen molar-refractivity contribution in [2.75, 3.05) is 6.54 Å². The lowest BCUT2D eigenvalue weighted by atomic mass is 10.2. The third-order valence-corrected chi connectivity index (χ3v) is 2.59. The summed E-state index contributed by atoms with van der Waals surface area (Å²) in [4.78, 5) is 33.9. The molecule has 1 aromatic rings. The van der Waals surface area contributed by atoms with Crippen molar-refractivity contribution < 1.29 is 29.0 Å². The Labute approximate surface area is 119 Å². The van der Waals surface area contributed by atoms with E-state index in [4.69, 9.17) is 5.11 Å². The number of hydrogen-bond donors (Lipinski definition) is 4. The third kappa shape index (κ3) is 4.84. The number of aliphatic hydroxyl groups excluding tert-OH is 1. The molecule has 0 aliphatic heterocycles. The summed E-state index contributed by atoms with van der Waals surface area (Å²) in [7, 11) is 0. The molecule has 0 aliphatic rings. The minimum absolute atomic E-state index is 0.226. The quantitative estimate of drug-likeness (QED) is 0.565. The molecule has 0 aromatic heterocycles. The van der Waals surface area contributed by atoms with Crippen LogP contribution in [0.5, 0.6) is 0 Å². The van der Waals surface area contributed by atoms with E-state index in [1.807, 2.05) is 5.32 Å². The second-order valence-corrected chi connectivity index (χ2v) is 4.29. The average Bonchev–Trinajstić information content (AvgIpc) is 2.42. The van der Waals surface area contributed by atoms with Gasteiger partial charge in [0.15, 0.2) is 6.04 Å². The standard InChI is InChI=1S/C13H15FN2O5/c1-7(17)11(13(20)21)16-10(18)6-15-12(19)8-4-2-3-5-9(8)14/h2-5,7,11,17H,6H2,1H3,(H,15,19)(H,16,18)(H,20,21). The Bertz CT molecular complexity index is 547. The van der Waals surface area contributed by atoms with E-state index >= 15 is 0 Å². The van der Waals surface area contributed by atoms with Gasteiger partial charge in [0.25, 0.3) is 5.91 Å². The molecule has 2 unspecified atom stereocenters. The topological polar surface area (TPSA) is 116 Å². The number of carbonyl (C=O) groups is 3. The zero-order chi connectivity index (χ0) is 16.0. The number of carboxylic acid groups (broad SMARTS) is 1. The van der Waals surface area contributed by atoms with Crippen LogP contribution in [0.25, 0.3) is 0 Å². The van der Waals surface area contributed by atoms with Crippen LogP contribution in [0, 0.1) is 5.82 Å². The molecule has 114 valence electrons. The lowest BCUT2D eigenvalue weighted by Crippen LogP contribution is -2.50. The number of carboxylic acids is 1. The fourth-order valence-corrected chi connectivity index (χ4v) is 1.51. The first kappa shape index (κ1) is 16.6. The summed E-state index contributed by atoms with van der Waals surface area (Å²) in [6.45, 7) is 0.667. The molecule has 0 fully saturated rings. The molecule has 1 aromatic carbocycles. The highest BCUT2D eigenvalue weighted by molar-refractivity contribution is 5.97. The van der Waals surface area contributed by atoms with Crippen molar-refractivity contribution in [2.45, 2.75) is 19.1 Å². The molecule has 4 N–H and O–H groups in total. The summed E-state index contributed by atoms with van der Waals surface area (Å²) < 4.78 is 13.3. The van der Waals surface area contributed by atoms with Crippen molar-refractivity contribution in [1.82, 2.24) is 10.6 Å². The van der Waals surface area contributed by atoms with Crippen LogP contribution in [-0.4, -0.2) is 46.7 Å². The Morgan fingerprint density at radius 1 is 1.29 bits per heavy atom. The van der Waals surface area contributed by atoms with E-state index < -0.39 is 42.3 Å². The van der Waals surface area contributed by atoms with Gasteiger partial charge < -0.3 is 20.8 Å². The molecule has 0 aliphatic carbocycles. The van der Waals surface area contributed by atoms with Gasteiger partial charge in [-0.25, -0.2) is 9.18 Å². The highest BCUT2D eigenvalue weighted by Crippen LogP contribution is 2.05. The number of rotatable bonds is 6. The summed E-state index contributed by atoms with van der Waals surface area (Å²) in [5.74, 6) is -3.75. The van der Waals surface area contributed by atoms with Crippen LogP contribution in [-0.2, 0) is 9.59 Å². The van der Waals surface area contributed by atoms with E-state index in [9.17, 15) is 23.9 Å². The molecule has 7 nitrogen and oxygen atoms in total. The molecule has 0 radical (unpaired) electrons. The first-order valence-electron chi connectivity index (χ1n) is 6.06. The van der Waals surface area contributed by atoms with Crippen LogP contribution < -0.4 is 10.6 Å². The van der Waals surface area contributed by atoms with E-state index in [1.165, 1.54) is 25.1 Å². The maximum Gasteiger partial charge on any atom is 0.328 e. The van der Waals surface area contributed by atoms with Crippen LogP contribution in [0.2, 0.25) is 0 Å². The van der Waals surface area contributed by atoms with E-state index in [2.05, 4.69) is 5.32 Å². The second-order valence-electron chi connectivity index (χ2n) is 4.29. The predicted octanol–water partition coefficient (Wildman–Crippen LogP) is -0.494. The van der Waals surface area contributed by atoms with Gasteiger partial charge in [0.05, 0.1) is 18.2 Å². The smallest absolute Gasteiger partial charge is 0.328 e. The summed E-state index contributed by atoms with van der Waals surface area (Å²) in [5.41, 5.74) is -0.226. The molecule has 2 atom stereocenters.